The number of hydrogen-bond acceptors (Lipinski definition) is 5. The Labute approximate surface area is 159 Å². The van der Waals surface area contributed by atoms with E-state index >= 15 is 0 Å². The van der Waals surface area contributed by atoms with Crippen LogP contribution in [-0.2, 0) is 9.53 Å². The molecular weight excluding hydrogens is 346 g/mol. The molecule has 0 spiro atoms. The molecule has 1 N–H and O–H groups in total. The van der Waals surface area contributed by atoms with Crippen molar-refractivity contribution >= 4 is 23.4 Å². The number of nitrogens with one attached hydrogen (secondary N) is 1. The van der Waals surface area contributed by atoms with Crippen molar-refractivity contribution in [2.24, 2.45) is 0 Å². The fraction of sp³-hybridized carbons (Fsp3) is 0.632. The van der Waals surface area contributed by atoms with Gasteiger partial charge in [0, 0.05) is 45.9 Å². The smallest absolute Gasteiger partial charge is 0.322 e. The molecule has 0 saturated carbocycles. The van der Waals surface area contributed by atoms with Gasteiger partial charge in [0.05, 0.1) is 11.9 Å². The summed E-state index contributed by atoms with van der Waals surface area (Å²) in [5.41, 5.74) is 0.695. The highest BCUT2D eigenvalue weighted by Crippen LogP contribution is 2.20. The first-order valence-corrected chi connectivity index (χ1v) is 9.88. The fourth-order valence-corrected chi connectivity index (χ4v) is 3.90. The summed E-state index contributed by atoms with van der Waals surface area (Å²) in [4.78, 5) is 35.1. The number of hydrogen-bond donors (Lipinski definition) is 1. The predicted octanol–water partition coefficient (Wildman–Crippen LogP) is 1.54. The minimum atomic E-state index is -0.287. The number of aromatic nitrogens is 1. The number of anilines is 2. The average Bonchev–Trinajstić information content (AvgIpc) is 3.42. The Hall–Kier alpha value is -2.35. The molecule has 0 bridgehead atoms. The van der Waals surface area contributed by atoms with Gasteiger partial charge in [0.1, 0.15) is 11.9 Å². The molecule has 4 rings (SSSR count). The molecule has 0 aliphatic carbocycles. The Morgan fingerprint density at radius 1 is 1.00 bits per heavy atom. The second-order valence-electron chi connectivity index (χ2n) is 7.34. The molecule has 3 saturated heterocycles. The van der Waals surface area contributed by atoms with Gasteiger partial charge in [-0.25, -0.2) is 9.78 Å². The number of carbonyl (C=O) groups is 2. The number of pyridine rings is 1. The SMILES string of the molecule is O=C(Nc1ccc(N2CCCC2)nc1)N1CCN(C(=O)C2CCCO2)CC1. The van der Waals surface area contributed by atoms with Gasteiger partial charge in [-0.2, -0.15) is 0 Å². The largest absolute Gasteiger partial charge is 0.368 e. The summed E-state index contributed by atoms with van der Waals surface area (Å²) in [7, 11) is 0. The number of ether oxygens (including phenoxy) is 1. The summed E-state index contributed by atoms with van der Waals surface area (Å²) in [5.74, 6) is 1.03. The maximum atomic E-state index is 12.5. The van der Waals surface area contributed by atoms with Gasteiger partial charge in [0.2, 0.25) is 0 Å². The molecule has 1 atom stereocenters. The first kappa shape index (κ1) is 18.0. The van der Waals surface area contributed by atoms with E-state index in [4.69, 9.17) is 4.74 Å². The Kier molecular flexibility index (Phi) is 5.42. The van der Waals surface area contributed by atoms with Gasteiger partial charge < -0.3 is 24.8 Å². The molecule has 3 amide bonds. The summed E-state index contributed by atoms with van der Waals surface area (Å²) < 4.78 is 5.47. The van der Waals surface area contributed by atoms with E-state index in [1.165, 1.54) is 12.8 Å². The van der Waals surface area contributed by atoms with Crippen molar-refractivity contribution in [2.75, 3.05) is 56.1 Å². The van der Waals surface area contributed by atoms with Crippen molar-refractivity contribution in [3.8, 4) is 0 Å². The van der Waals surface area contributed by atoms with Crippen LogP contribution in [0.2, 0.25) is 0 Å². The predicted molar refractivity (Wildman–Crippen MR) is 102 cm³/mol. The zero-order chi connectivity index (χ0) is 18.6. The fourth-order valence-electron chi connectivity index (χ4n) is 3.90. The summed E-state index contributed by atoms with van der Waals surface area (Å²) in [6.45, 7) is 4.94. The van der Waals surface area contributed by atoms with Crippen LogP contribution in [0.1, 0.15) is 25.7 Å². The number of rotatable bonds is 3. The summed E-state index contributed by atoms with van der Waals surface area (Å²) in [5, 5.41) is 2.91. The monoisotopic (exact) mass is 373 g/mol. The lowest BCUT2D eigenvalue weighted by molar-refractivity contribution is -0.142. The third-order valence-corrected chi connectivity index (χ3v) is 5.51. The van der Waals surface area contributed by atoms with Crippen LogP contribution >= 0.6 is 0 Å². The Bertz CT molecular complexity index is 660. The van der Waals surface area contributed by atoms with Crippen LogP contribution in [0.4, 0.5) is 16.3 Å². The van der Waals surface area contributed by atoms with E-state index in [9.17, 15) is 9.59 Å². The number of nitrogens with zero attached hydrogens (tertiary/aromatic N) is 4. The summed E-state index contributed by atoms with van der Waals surface area (Å²) in [6.07, 6.45) is 5.60. The highest BCUT2D eigenvalue weighted by Gasteiger charge is 2.31. The van der Waals surface area contributed by atoms with Crippen LogP contribution in [0, 0.1) is 0 Å². The van der Waals surface area contributed by atoms with E-state index in [2.05, 4.69) is 15.2 Å². The van der Waals surface area contributed by atoms with Crippen LogP contribution < -0.4 is 10.2 Å². The minimum absolute atomic E-state index is 0.0641. The third kappa shape index (κ3) is 4.16. The number of urea groups is 1. The molecule has 3 aliphatic rings. The van der Waals surface area contributed by atoms with Crippen LogP contribution in [0.3, 0.4) is 0 Å². The van der Waals surface area contributed by atoms with Gasteiger partial charge in [-0.1, -0.05) is 0 Å². The normalized spacial score (nSPS) is 23.0. The van der Waals surface area contributed by atoms with Gasteiger partial charge >= 0.3 is 6.03 Å². The highest BCUT2D eigenvalue weighted by molar-refractivity contribution is 5.89. The molecule has 146 valence electrons. The molecule has 1 aromatic heterocycles. The van der Waals surface area contributed by atoms with Crippen LogP contribution in [-0.4, -0.2) is 78.7 Å². The minimum Gasteiger partial charge on any atom is -0.368 e. The summed E-state index contributed by atoms with van der Waals surface area (Å²) in [6, 6.07) is 3.71. The maximum Gasteiger partial charge on any atom is 0.322 e. The van der Waals surface area contributed by atoms with E-state index in [1.54, 1.807) is 11.1 Å². The van der Waals surface area contributed by atoms with Gasteiger partial charge in [0.25, 0.3) is 5.91 Å². The van der Waals surface area contributed by atoms with Gasteiger partial charge in [-0.15, -0.1) is 0 Å². The first-order valence-electron chi connectivity index (χ1n) is 9.88. The zero-order valence-electron chi connectivity index (χ0n) is 15.6. The molecular formula is C19H27N5O3. The highest BCUT2D eigenvalue weighted by atomic mass is 16.5. The molecule has 1 unspecified atom stereocenters. The molecule has 27 heavy (non-hydrogen) atoms. The topological polar surface area (TPSA) is 78.0 Å². The average molecular weight is 373 g/mol. The van der Waals surface area contributed by atoms with Gasteiger partial charge in [-0.05, 0) is 37.8 Å². The van der Waals surface area contributed by atoms with Crippen molar-refractivity contribution in [1.29, 1.82) is 0 Å². The molecule has 3 fully saturated rings. The quantitative estimate of drug-likeness (QED) is 0.870. The lowest BCUT2D eigenvalue weighted by Crippen LogP contribution is -2.53. The van der Waals surface area contributed by atoms with Gasteiger partial charge in [0.15, 0.2) is 0 Å². The number of piperazine rings is 1. The van der Waals surface area contributed by atoms with Crippen molar-refractivity contribution < 1.29 is 14.3 Å². The lowest BCUT2D eigenvalue weighted by atomic mass is 10.2. The number of amides is 3. The van der Waals surface area contributed by atoms with E-state index in [1.807, 2.05) is 17.0 Å². The van der Waals surface area contributed by atoms with Crippen molar-refractivity contribution in [3.63, 3.8) is 0 Å². The molecule has 3 aliphatic heterocycles. The molecule has 8 nitrogen and oxygen atoms in total. The van der Waals surface area contributed by atoms with E-state index in [-0.39, 0.29) is 18.0 Å². The maximum absolute atomic E-state index is 12.5. The zero-order valence-corrected chi connectivity index (χ0v) is 15.6. The van der Waals surface area contributed by atoms with Crippen molar-refractivity contribution in [1.82, 2.24) is 14.8 Å². The molecule has 0 radical (unpaired) electrons. The lowest BCUT2D eigenvalue weighted by Gasteiger charge is -2.35. The standard InChI is InChI=1S/C19H27N5O3/c25-18(16-4-3-13-27-16)23-9-11-24(12-10-23)19(26)21-15-5-6-17(20-14-15)22-7-1-2-8-22/h5-6,14,16H,1-4,7-13H2,(H,21,26). The molecule has 4 heterocycles. The second kappa shape index (κ2) is 8.12. The second-order valence-corrected chi connectivity index (χ2v) is 7.34. The third-order valence-electron chi connectivity index (χ3n) is 5.51. The molecule has 8 heteroatoms. The van der Waals surface area contributed by atoms with E-state index in [0.717, 1.165) is 31.7 Å². The Morgan fingerprint density at radius 3 is 2.37 bits per heavy atom. The van der Waals surface area contributed by atoms with Crippen LogP contribution in [0.5, 0.6) is 0 Å². The van der Waals surface area contributed by atoms with Crippen molar-refractivity contribution in [2.45, 2.75) is 31.8 Å². The van der Waals surface area contributed by atoms with Crippen molar-refractivity contribution in [3.05, 3.63) is 18.3 Å². The van der Waals surface area contributed by atoms with Crippen LogP contribution in [0.15, 0.2) is 18.3 Å². The van der Waals surface area contributed by atoms with E-state index in [0.29, 0.717) is 38.5 Å². The van der Waals surface area contributed by atoms with E-state index < -0.39 is 0 Å². The first-order chi connectivity index (χ1) is 13.2. The Morgan fingerprint density at radius 2 is 1.74 bits per heavy atom. The summed E-state index contributed by atoms with van der Waals surface area (Å²) >= 11 is 0. The molecule has 0 aromatic carbocycles. The Balaban J connectivity index is 1.26. The van der Waals surface area contributed by atoms with Gasteiger partial charge in [-0.3, -0.25) is 4.79 Å². The van der Waals surface area contributed by atoms with Crippen LogP contribution in [0.25, 0.3) is 0 Å². The number of carbonyl (C=O) groups excluding carboxylic acids is 2. The molecule has 1 aromatic rings.